The highest BCUT2D eigenvalue weighted by Gasteiger charge is 2.26. The molecule has 0 aromatic heterocycles. The number of benzene rings is 2. The monoisotopic (exact) mass is 356 g/mol. The SMILES string of the molecule is CCC1CN(CC(=O)Nc2ccc(F)cc2)c2cc(C(C)=O)ccc2O1. The summed E-state index contributed by atoms with van der Waals surface area (Å²) in [5, 5.41) is 2.76. The molecule has 5 nitrogen and oxygen atoms in total. The molecule has 0 radical (unpaired) electrons. The van der Waals surface area contributed by atoms with Crippen LogP contribution in [-0.4, -0.2) is 30.9 Å². The number of halogens is 1. The van der Waals surface area contributed by atoms with Crippen molar-refractivity contribution in [3.05, 3.63) is 53.8 Å². The molecule has 136 valence electrons. The fourth-order valence-corrected chi connectivity index (χ4v) is 2.91. The van der Waals surface area contributed by atoms with E-state index in [1.165, 1.54) is 31.2 Å². The van der Waals surface area contributed by atoms with E-state index in [0.717, 1.165) is 12.1 Å². The molecule has 0 fully saturated rings. The zero-order valence-corrected chi connectivity index (χ0v) is 14.8. The molecule has 0 bridgehead atoms. The summed E-state index contributed by atoms with van der Waals surface area (Å²) in [6.07, 6.45) is 0.786. The number of amides is 1. The molecular weight excluding hydrogens is 335 g/mol. The molecule has 0 aliphatic carbocycles. The van der Waals surface area contributed by atoms with E-state index in [2.05, 4.69) is 5.32 Å². The maximum atomic E-state index is 13.0. The number of hydrogen-bond donors (Lipinski definition) is 1. The van der Waals surface area contributed by atoms with Gasteiger partial charge in [0.25, 0.3) is 0 Å². The highest BCUT2D eigenvalue weighted by Crippen LogP contribution is 2.35. The van der Waals surface area contributed by atoms with E-state index in [1.54, 1.807) is 18.2 Å². The molecule has 0 saturated carbocycles. The number of fused-ring (bicyclic) bond motifs is 1. The number of anilines is 2. The summed E-state index contributed by atoms with van der Waals surface area (Å²) >= 11 is 0. The third-order valence-corrected chi connectivity index (χ3v) is 4.34. The Balaban J connectivity index is 1.79. The van der Waals surface area contributed by atoms with Crippen LogP contribution in [0.1, 0.15) is 30.6 Å². The van der Waals surface area contributed by atoms with E-state index < -0.39 is 0 Å². The van der Waals surface area contributed by atoms with Crippen molar-refractivity contribution >= 4 is 23.1 Å². The fourth-order valence-electron chi connectivity index (χ4n) is 2.91. The summed E-state index contributed by atoms with van der Waals surface area (Å²) in [5.41, 5.74) is 1.84. The Kier molecular flexibility index (Phi) is 5.21. The van der Waals surface area contributed by atoms with Crippen molar-refractivity contribution in [3.63, 3.8) is 0 Å². The molecular formula is C20H21FN2O3. The largest absolute Gasteiger partial charge is 0.486 e. The van der Waals surface area contributed by atoms with Gasteiger partial charge in [-0.15, -0.1) is 0 Å². The normalized spacial score (nSPS) is 15.8. The number of nitrogens with one attached hydrogen (secondary N) is 1. The van der Waals surface area contributed by atoms with E-state index in [9.17, 15) is 14.0 Å². The van der Waals surface area contributed by atoms with Crippen molar-refractivity contribution in [2.45, 2.75) is 26.4 Å². The summed E-state index contributed by atoms with van der Waals surface area (Å²) in [6, 6.07) is 10.9. The Bertz CT molecular complexity index is 820. The third-order valence-electron chi connectivity index (χ3n) is 4.34. The molecule has 26 heavy (non-hydrogen) atoms. The van der Waals surface area contributed by atoms with Gasteiger partial charge < -0.3 is 15.0 Å². The van der Waals surface area contributed by atoms with Gasteiger partial charge in [-0.25, -0.2) is 4.39 Å². The minimum absolute atomic E-state index is 0.0238. The second-order valence-corrected chi connectivity index (χ2v) is 6.32. The van der Waals surface area contributed by atoms with E-state index in [4.69, 9.17) is 4.74 Å². The summed E-state index contributed by atoms with van der Waals surface area (Å²) < 4.78 is 18.9. The third kappa shape index (κ3) is 4.02. The first kappa shape index (κ1) is 17.9. The van der Waals surface area contributed by atoms with Crippen LogP contribution < -0.4 is 15.0 Å². The summed E-state index contributed by atoms with van der Waals surface area (Å²) in [4.78, 5) is 26.0. The van der Waals surface area contributed by atoms with Crippen LogP contribution in [0.4, 0.5) is 15.8 Å². The number of ketones is 1. The molecule has 1 unspecified atom stereocenters. The Morgan fingerprint density at radius 3 is 2.62 bits per heavy atom. The van der Waals surface area contributed by atoms with Crippen LogP contribution >= 0.6 is 0 Å². The second-order valence-electron chi connectivity index (χ2n) is 6.32. The van der Waals surface area contributed by atoms with Gasteiger partial charge in [0.05, 0.1) is 18.8 Å². The van der Waals surface area contributed by atoms with Crippen molar-refractivity contribution in [1.29, 1.82) is 0 Å². The van der Waals surface area contributed by atoms with Gasteiger partial charge in [0.2, 0.25) is 5.91 Å². The molecule has 2 aromatic rings. The standard InChI is InChI=1S/C20H21FN2O3/c1-3-17-11-23(12-20(25)22-16-7-5-15(21)6-8-16)18-10-14(13(2)24)4-9-19(18)26-17/h4-10,17H,3,11-12H2,1-2H3,(H,22,25). The first-order valence-electron chi connectivity index (χ1n) is 8.58. The maximum Gasteiger partial charge on any atom is 0.243 e. The van der Waals surface area contributed by atoms with Crippen molar-refractivity contribution in [2.75, 3.05) is 23.3 Å². The highest BCUT2D eigenvalue weighted by molar-refractivity contribution is 5.97. The average Bonchev–Trinajstić information content (AvgIpc) is 2.63. The number of ether oxygens (including phenoxy) is 1. The molecule has 1 aliphatic heterocycles. The first-order valence-corrected chi connectivity index (χ1v) is 8.58. The molecule has 2 aromatic carbocycles. The minimum atomic E-state index is -0.354. The van der Waals surface area contributed by atoms with Crippen molar-refractivity contribution < 1.29 is 18.7 Å². The van der Waals surface area contributed by atoms with E-state index in [1.807, 2.05) is 11.8 Å². The number of hydrogen-bond acceptors (Lipinski definition) is 4. The number of nitrogens with zero attached hydrogens (tertiary/aromatic N) is 1. The average molecular weight is 356 g/mol. The Morgan fingerprint density at radius 1 is 1.23 bits per heavy atom. The van der Waals surface area contributed by atoms with Gasteiger partial charge in [0.1, 0.15) is 17.7 Å². The van der Waals surface area contributed by atoms with Crippen LogP contribution in [0.2, 0.25) is 0 Å². The van der Waals surface area contributed by atoms with Gasteiger partial charge in [-0.3, -0.25) is 9.59 Å². The lowest BCUT2D eigenvalue weighted by molar-refractivity contribution is -0.115. The molecule has 1 N–H and O–H groups in total. The number of Topliss-reactive ketones (excluding diaryl/α,β-unsaturated/α-hetero) is 1. The Hall–Kier alpha value is -2.89. The highest BCUT2D eigenvalue weighted by atomic mass is 19.1. The van der Waals surface area contributed by atoms with Crippen LogP contribution in [0.25, 0.3) is 0 Å². The van der Waals surface area contributed by atoms with Crippen LogP contribution in [0.5, 0.6) is 5.75 Å². The molecule has 1 heterocycles. The summed E-state index contributed by atoms with van der Waals surface area (Å²) in [5.74, 6) is 0.0593. The Morgan fingerprint density at radius 2 is 1.96 bits per heavy atom. The lowest BCUT2D eigenvalue weighted by Crippen LogP contribution is -2.43. The van der Waals surface area contributed by atoms with Crippen LogP contribution in [0.3, 0.4) is 0 Å². The predicted molar refractivity (Wildman–Crippen MR) is 98.4 cm³/mol. The van der Waals surface area contributed by atoms with Crippen LogP contribution in [0, 0.1) is 5.82 Å². The molecule has 3 rings (SSSR count). The maximum absolute atomic E-state index is 13.0. The Labute approximate surface area is 151 Å². The van der Waals surface area contributed by atoms with E-state index in [0.29, 0.717) is 23.5 Å². The van der Waals surface area contributed by atoms with Crippen LogP contribution in [-0.2, 0) is 4.79 Å². The quantitative estimate of drug-likeness (QED) is 0.831. The molecule has 1 amide bonds. The first-order chi connectivity index (χ1) is 12.5. The lowest BCUT2D eigenvalue weighted by Gasteiger charge is -2.35. The molecule has 0 spiro atoms. The van der Waals surface area contributed by atoms with E-state index in [-0.39, 0.29) is 30.2 Å². The van der Waals surface area contributed by atoms with Gasteiger partial charge in [0.15, 0.2) is 5.78 Å². The van der Waals surface area contributed by atoms with Gasteiger partial charge in [-0.1, -0.05) is 6.92 Å². The van der Waals surface area contributed by atoms with Gasteiger partial charge in [0, 0.05) is 11.3 Å². The van der Waals surface area contributed by atoms with E-state index >= 15 is 0 Å². The predicted octanol–water partition coefficient (Wildman–Crippen LogP) is 3.64. The zero-order valence-electron chi connectivity index (χ0n) is 14.8. The fraction of sp³-hybridized carbons (Fsp3) is 0.300. The molecule has 6 heteroatoms. The van der Waals surface area contributed by atoms with Gasteiger partial charge in [-0.05, 0) is 55.8 Å². The van der Waals surface area contributed by atoms with Gasteiger partial charge in [-0.2, -0.15) is 0 Å². The minimum Gasteiger partial charge on any atom is -0.486 e. The molecule has 0 saturated heterocycles. The molecule has 1 atom stereocenters. The van der Waals surface area contributed by atoms with Crippen LogP contribution in [0.15, 0.2) is 42.5 Å². The van der Waals surface area contributed by atoms with Crippen molar-refractivity contribution in [1.82, 2.24) is 0 Å². The number of carbonyl (C=O) groups excluding carboxylic acids is 2. The van der Waals surface area contributed by atoms with Gasteiger partial charge >= 0.3 is 0 Å². The summed E-state index contributed by atoms with van der Waals surface area (Å²) in [7, 11) is 0. The topological polar surface area (TPSA) is 58.6 Å². The lowest BCUT2D eigenvalue weighted by atomic mass is 10.1. The van der Waals surface area contributed by atoms with Crippen molar-refractivity contribution in [3.8, 4) is 5.75 Å². The second kappa shape index (κ2) is 7.56. The smallest absolute Gasteiger partial charge is 0.243 e. The number of carbonyl (C=O) groups is 2. The molecule has 1 aliphatic rings. The zero-order chi connectivity index (χ0) is 18.7. The number of rotatable bonds is 5. The van der Waals surface area contributed by atoms with Crippen molar-refractivity contribution in [2.24, 2.45) is 0 Å². The summed E-state index contributed by atoms with van der Waals surface area (Å²) in [6.45, 7) is 4.20.